The van der Waals surface area contributed by atoms with Gasteiger partial charge in [-0.3, -0.25) is 0 Å². The molecule has 2 rings (SSSR count). The summed E-state index contributed by atoms with van der Waals surface area (Å²) in [5, 5.41) is 10.7. The average molecular weight is 285 g/mol. The van der Waals surface area contributed by atoms with E-state index in [0.29, 0.717) is 15.5 Å². The molecule has 98 valence electrons. The molecule has 0 saturated carbocycles. The van der Waals surface area contributed by atoms with Gasteiger partial charge in [0.15, 0.2) is 5.13 Å². The van der Waals surface area contributed by atoms with Gasteiger partial charge in [0.25, 0.3) is 0 Å². The molecule has 1 aromatic carbocycles. The van der Waals surface area contributed by atoms with E-state index in [2.05, 4.69) is 4.98 Å². The van der Waals surface area contributed by atoms with Crippen molar-refractivity contribution in [2.75, 3.05) is 5.73 Å². The average Bonchev–Trinajstić information content (AvgIpc) is 2.74. The minimum Gasteiger partial charge on any atom is -0.375 e. The van der Waals surface area contributed by atoms with E-state index < -0.39 is 5.82 Å². The lowest BCUT2D eigenvalue weighted by Gasteiger charge is -1.95. The van der Waals surface area contributed by atoms with Crippen molar-refractivity contribution in [1.82, 2.24) is 4.98 Å². The topological polar surface area (TPSA) is 62.7 Å². The Hall–Kier alpha value is -1.32. The van der Waals surface area contributed by atoms with Gasteiger partial charge in [0.1, 0.15) is 11.2 Å². The van der Waals surface area contributed by atoms with Crippen molar-refractivity contribution >= 4 is 38.4 Å². The standard InChI is InChI=1S/C8H4FN3S2.2C2H6/c9-4-1-5-7(14-8(11)12-5)2-6(4)13-3-10;2*1-2/h1-2H,(H2,11,12);2*1-2H3. The van der Waals surface area contributed by atoms with Crippen molar-refractivity contribution in [3.63, 3.8) is 0 Å². The van der Waals surface area contributed by atoms with Gasteiger partial charge in [-0.1, -0.05) is 39.0 Å². The Bertz CT molecular complexity index is 532. The Morgan fingerprint density at radius 2 is 1.94 bits per heavy atom. The first-order valence-corrected chi connectivity index (χ1v) is 7.25. The molecule has 0 unspecified atom stereocenters. The highest BCUT2D eigenvalue weighted by molar-refractivity contribution is 8.03. The number of halogens is 1. The highest BCUT2D eigenvalue weighted by Gasteiger charge is 2.08. The zero-order valence-corrected chi connectivity index (χ0v) is 12.5. The number of nitriles is 1. The number of rotatable bonds is 1. The molecule has 0 aliphatic carbocycles. The highest BCUT2D eigenvalue weighted by atomic mass is 32.2. The van der Waals surface area contributed by atoms with Crippen molar-refractivity contribution in [2.45, 2.75) is 32.6 Å². The Labute approximate surface area is 115 Å². The minimum absolute atomic E-state index is 0.309. The molecule has 0 fully saturated rings. The van der Waals surface area contributed by atoms with E-state index in [4.69, 9.17) is 11.0 Å². The minimum atomic E-state index is -0.436. The Kier molecular flexibility index (Phi) is 8.08. The van der Waals surface area contributed by atoms with E-state index in [-0.39, 0.29) is 0 Å². The van der Waals surface area contributed by atoms with Gasteiger partial charge in [-0.15, -0.1) is 0 Å². The fourth-order valence-electron chi connectivity index (χ4n) is 1.07. The van der Waals surface area contributed by atoms with Gasteiger partial charge in [-0.2, -0.15) is 5.26 Å². The van der Waals surface area contributed by atoms with Crippen LogP contribution in [-0.4, -0.2) is 4.98 Å². The lowest BCUT2D eigenvalue weighted by atomic mass is 10.3. The second-order valence-corrected chi connectivity index (χ2v) is 4.38. The predicted octanol–water partition coefficient (Wildman–Crippen LogP) is 4.64. The number of fused-ring (bicyclic) bond motifs is 1. The molecular weight excluding hydrogens is 269 g/mol. The monoisotopic (exact) mass is 285 g/mol. The zero-order valence-electron chi connectivity index (χ0n) is 10.8. The van der Waals surface area contributed by atoms with Crippen LogP contribution in [0.3, 0.4) is 0 Å². The molecule has 3 nitrogen and oxygen atoms in total. The number of thiazole rings is 1. The van der Waals surface area contributed by atoms with Gasteiger partial charge in [0.05, 0.1) is 15.1 Å². The predicted molar refractivity (Wildman–Crippen MR) is 78.2 cm³/mol. The van der Waals surface area contributed by atoms with Crippen LogP contribution in [0, 0.1) is 16.5 Å². The second-order valence-electron chi connectivity index (χ2n) is 2.50. The highest BCUT2D eigenvalue weighted by Crippen LogP contribution is 2.30. The first kappa shape index (κ1) is 16.7. The summed E-state index contributed by atoms with van der Waals surface area (Å²) in [6, 6.07) is 2.88. The summed E-state index contributed by atoms with van der Waals surface area (Å²) in [5.74, 6) is -0.436. The molecule has 0 aliphatic rings. The van der Waals surface area contributed by atoms with Crippen LogP contribution >= 0.6 is 23.1 Å². The third-order valence-corrected chi connectivity index (χ3v) is 3.09. The number of nitrogens with two attached hydrogens (primary N) is 1. The molecule has 0 saturated heterocycles. The number of benzene rings is 1. The summed E-state index contributed by atoms with van der Waals surface area (Å²) in [4.78, 5) is 4.25. The molecular formula is C12H16FN3S2. The van der Waals surface area contributed by atoms with Crippen LogP contribution in [0.2, 0.25) is 0 Å². The molecule has 0 bridgehead atoms. The first-order valence-electron chi connectivity index (χ1n) is 5.62. The Balaban J connectivity index is 0.000000659. The van der Waals surface area contributed by atoms with Gasteiger partial charge in [-0.05, 0) is 17.8 Å². The van der Waals surface area contributed by atoms with Gasteiger partial charge in [0, 0.05) is 6.07 Å². The van der Waals surface area contributed by atoms with E-state index in [1.165, 1.54) is 17.4 Å². The van der Waals surface area contributed by atoms with Gasteiger partial charge < -0.3 is 5.73 Å². The number of anilines is 1. The van der Waals surface area contributed by atoms with Crippen LogP contribution in [0.5, 0.6) is 0 Å². The van der Waals surface area contributed by atoms with Gasteiger partial charge >= 0.3 is 0 Å². The summed E-state index contributed by atoms with van der Waals surface area (Å²) in [6.07, 6.45) is 0. The maximum Gasteiger partial charge on any atom is 0.181 e. The van der Waals surface area contributed by atoms with Crippen LogP contribution in [-0.2, 0) is 0 Å². The number of aromatic nitrogens is 1. The molecule has 2 N–H and O–H groups in total. The number of hydrogen-bond acceptors (Lipinski definition) is 5. The van der Waals surface area contributed by atoms with Crippen LogP contribution in [0.15, 0.2) is 17.0 Å². The molecule has 2 aromatic rings. The van der Waals surface area contributed by atoms with Crippen molar-refractivity contribution in [3.05, 3.63) is 17.9 Å². The third kappa shape index (κ3) is 4.17. The SMILES string of the molecule is CC.CC.N#CSc1cc2sc(N)nc2cc1F. The normalized spacial score (nSPS) is 8.67. The van der Waals surface area contributed by atoms with Crippen LogP contribution in [0.1, 0.15) is 27.7 Å². The number of hydrogen-bond donors (Lipinski definition) is 1. The molecule has 1 aromatic heterocycles. The quantitative estimate of drug-likeness (QED) is 0.612. The summed E-state index contributed by atoms with van der Waals surface area (Å²) >= 11 is 2.07. The van der Waals surface area contributed by atoms with Gasteiger partial charge in [-0.25, -0.2) is 9.37 Å². The molecule has 18 heavy (non-hydrogen) atoms. The molecule has 0 aliphatic heterocycles. The fraction of sp³-hybridized carbons (Fsp3) is 0.333. The number of thioether (sulfide) groups is 1. The summed E-state index contributed by atoms with van der Waals surface area (Å²) in [5.41, 5.74) is 6.01. The number of nitrogen functional groups attached to an aromatic ring is 1. The van der Waals surface area contributed by atoms with Crippen LogP contribution in [0.25, 0.3) is 10.2 Å². The zero-order chi connectivity index (χ0) is 14.1. The van der Waals surface area contributed by atoms with Crippen LogP contribution < -0.4 is 5.73 Å². The first-order chi connectivity index (χ1) is 8.70. The molecule has 1 heterocycles. The third-order valence-electron chi connectivity index (χ3n) is 1.61. The maximum atomic E-state index is 13.3. The molecule has 0 atom stereocenters. The largest absolute Gasteiger partial charge is 0.375 e. The van der Waals surface area contributed by atoms with Crippen molar-refractivity contribution in [2.24, 2.45) is 0 Å². The lowest BCUT2D eigenvalue weighted by Crippen LogP contribution is -1.81. The number of nitrogens with zero attached hydrogens (tertiary/aromatic N) is 2. The van der Waals surface area contributed by atoms with E-state index in [9.17, 15) is 4.39 Å². The summed E-state index contributed by atoms with van der Waals surface area (Å²) < 4.78 is 14.1. The lowest BCUT2D eigenvalue weighted by molar-refractivity contribution is 0.604. The van der Waals surface area contributed by atoms with E-state index in [1.54, 1.807) is 6.07 Å². The van der Waals surface area contributed by atoms with Gasteiger partial charge in [0.2, 0.25) is 0 Å². The summed E-state index contributed by atoms with van der Waals surface area (Å²) in [7, 11) is 0. The summed E-state index contributed by atoms with van der Waals surface area (Å²) in [6.45, 7) is 8.00. The van der Waals surface area contributed by atoms with E-state index in [1.807, 2.05) is 33.1 Å². The second kappa shape index (κ2) is 8.72. The Morgan fingerprint density at radius 3 is 2.50 bits per heavy atom. The van der Waals surface area contributed by atoms with E-state index >= 15 is 0 Å². The maximum absolute atomic E-state index is 13.3. The smallest absolute Gasteiger partial charge is 0.181 e. The molecule has 6 heteroatoms. The van der Waals surface area contributed by atoms with Crippen molar-refractivity contribution < 1.29 is 4.39 Å². The molecule has 0 spiro atoms. The van der Waals surface area contributed by atoms with Crippen LogP contribution in [0.4, 0.5) is 9.52 Å². The molecule has 0 radical (unpaired) electrons. The number of thiocyanates is 1. The Morgan fingerprint density at radius 1 is 1.33 bits per heavy atom. The molecule has 0 amide bonds. The van der Waals surface area contributed by atoms with Crippen molar-refractivity contribution in [3.8, 4) is 5.40 Å². The van der Waals surface area contributed by atoms with E-state index in [0.717, 1.165) is 16.5 Å². The van der Waals surface area contributed by atoms with Crippen molar-refractivity contribution in [1.29, 1.82) is 5.26 Å². The fourth-order valence-corrected chi connectivity index (χ4v) is 2.34.